The SMILES string of the molecule is C=C(CCCc1ccccc1)C(=C)C(CCc1ccccc1)CC(=O)c1ccc2ccccc2c1. The first-order valence-electron chi connectivity index (χ1n) is 12.6. The molecule has 0 aliphatic rings. The monoisotopic (exact) mass is 458 g/mol. The molecule has 1 nitrogen and oxygen atoms in total. The van der Waals surface area contributed by atoms with Crippen molar-refractivity contribution in [1.82, 2.24) is 0 Å². The second-order valence-electron chi connectivity index (χ2n) is 9.38. The lowest BCUT2D eigenvalue weighted by atomic mass is 9.83. The second kappa shape index (κ2) is 12.1. The van der Waals surface area contributed by atoms with Crippen molar-refractivity contribution < 1.29 is 4.79 Å². The van der Waals surface area contributed by atoms with Gasteiger partial charge < -0.3 is 0 Å². The second-order valence-corrected chi connectivity index (χ2v) is 9.38. The minimum atomic E-state index is 0.0819. The summed E-state index contributed by atoms with van der Waals surface area (Å²) in [6.45, 7) is 8.81. The third kappa shape index (κ3) is 6.90. The van der Waals surface area contributed by atoms with Gasteiger partial charge in [-0.15, -0.1) is 0 Å². The number of hydrogen-bond donors (Lipinski definition) is 0. The van der Waals surface area contributed by atoms with Crippen LogP contribution in [0.4, 0.5) is 0 Å². The fraction of sp³-hybridized carbons (Fsp3) is 0.206. The highest BCUT2D eigenvalue weighted by Crippen LogP contribution is 2.30. The molecule has 1 unspecified atom stereocenters. The van der Waals surface area contributed by atoms with Gasteiger partial charge in [0.2, 0.25) is 0 Å². The van der Waals surface area contributed by atoms with Crippen LogP contribution < -0.4 is 0 Å². The van der Waals surface area contributed by atoms with E-state index in [1.807, 2.05) is 42.5 Å². The van der Waals surface area contributed by atoms with E-state index in [4.69, 9.17) is 0 Å². The van der Waals surface area contributed by atoms with Gasteiger partial charge in [0.15, 0.2) is 5.78 Å². The van der Waals surface area contributed by atoms with Gasteiger partial charge in [-0.1, -0.05) is 116 Å². The smallest absolute Gasteiger partial charge is 0.163 e. The summed E-state index contributed by atoms with van der Waals surface area (Å²) in [5.41, 5.74) is 5.51. The van der Waals surface area contributed by atoms with Gasteiger partial charge in [0.05, 0.1) is 0 Å². The van der Waals surface area contributed by atoms with Crippen LogP contribution in [0.5, 0.6) is 0 Å². The Bertz CT molecular complexity index is 1280. The van der Waals surface area contributed by atoms with Crippen LogP contribution in [0, 0.1) is 5.92 Å². The normalized spacial score (nSPS) is 11.8. The lowest BCUT2D eigenvalue weighted by Crippen LogP contribution is -2.13. The van der Waals surface area contributed by atoms with Crippen LogP contribution in [0.25, 0.3) is 10.8 Å². The minimum absolute atomic E-state index is 0.0819. The van der Waals surface area contributed by atoms with E-state index in [0.29, 0.717) is 6.42 Å². The van der Waals surface area contributed by atoms with Crippen LogP contribution in [0.3, 0.4) is 0 Å². The third-order valence-corrected chi connectivity index (χ3v) is 6.86. The van der Waals surface area contributed by atoms with E-state index >= 15 is 0 Å². The first-order chi connectivity index (χ1) is 17.1. The summed E-state index contributed by atoms with van der Waals surface area (Å²) in [5.74, 6) is 0.255. The average Bonchev–Trinajstić information content (AvgIpc) is 2.91. The molecule has 0 spiro atoms. The number of fused-ring (bicyclic) bond motifs is 1. The number of benzene rings is 4. The molecule has 0 aliphatic heterocycles. The van der Waals surface area contributed by atoms with Crippen LogP contribution in [0.1, 0.15) is 47.2 Å². The average molecular weight is 459 g/mol. The zero-order valence-corrected chi connectivity index (χ0v) is 20.5. The standard InChI is InChI=1S/C34H34O/c1-26(12-11-17-28-13-5-3-6-14-28)27(2)31(21-20-29-15-7-4-8-16-29)25-34(35)33-23-22-30-18-9-10-19-32(30)24-33/h3-10,13-16,18-19,22-24,31H,1-2,11-12,17,20-21,25H2. The Labute approximate surface area is 209 Å². The van der Waals surface area contributed by atoms with Gasteiger partial charge >= 0.3 is 0 Å². The lowest BCUT2D eigenvalue weighted by molar-refractivity contribution is 0.0966. The van der Waals surface area contributed by atoms with E-state index in [2.05, 4.69) is 73.8 Å². The molecular weight excluding hydrogens is 424 g/mol. The molecule has 4 rings (SSSR count). The number of carbonyl (C=O) groups excluding carboxylic acids is 1. The van der Waals surface area contributed by atoms with Crippen molar-refractivity contribution in [3.05, 3.63) is 144 Å². The predicted molar refractivity (Wildman–Crippen MR) is 149 cm³/mol. The molecule has 0 aromatic heterocycles. The number of hydrogen-bond acceptors (Lipinski definition) is 1. The van der Waals surface area contributed by atoms with Crippen molar-refractivity contribution >= 4 is 16.6 Å². The molecule has 0 saturated carbocycles. The molecule has 0 saturated heterocycles. The highest BCUT2D eigenvalue weighted by Gasteiger charge is 2.20. The van der Waals surface area contributed by atoms with Gasteiger partial charge in [0, 0.05) is 12.0 Å². The fourth-order valence-corrected chi connectivity index (χ4v) is 4.69. The molecular formula is C34H34O. The number of allylic oxidation sites excluding steroid dienone is 2. The van der Waals surface area contributed by atoms with Crippen molar-refractivity contribution in [2.75, 3.05) is 0 Å². The number of Topliss-reactive ketones (excluding diaryl/α,β-unsaturated/α-hetero) is 1. The van der Waals surface area contributed by atoms with Gasteiger partial charge in [0.25, 0.3) is 0 Å². The zero-order chi connectivity index (χ0) is 24.5. The quantitative estimate of drug-likeness (QED) is 0.153. The van der Waals surface area contributed by atoms with Crippen molar-refractivity contribution in [3.8, 4) is 0 Å². The molecule has 0 N–H and O–H groups in total. The van der Waals surface area contributed by atoms with E-state index in [1.54, 1.807) is 0 Å². The van der Waals surface area contributed by atoms with Gasteiger partial charge in [-0.25, -0.2) is 0 Å². The van der Waals surface area contributed by atoms with Crippen molar-refractivity contribution in [3.63, 3.8) is 0 Å². The van der Waals surface area contributed by atoms with E-state index in [9.17, 15) is 4.79 Å². The van der Waals surface area contributed by atoms with Crippen molar-refractivity contribution in [2.24, 2.45) is 5.92 Å². The largest absolute Gasteiger partial charge is 0.294 e. The summed E-state index contributed by atoms with van der Waals surface area (Å²) < 4.78 is 0. The number of carbonyl (C=O) groups is 1. The summed E-state index contributed by atoms with van der Waals surface area (Å²) in [5, 5.41) is 2.25. The maximum atomic E-state index is 13.4. The molecule has 1 atom stereocenters. The maximum Gasteiger partial charge on any atom is 0.163 e. The van der Waals surface area contributed by atoms with Gasteiger partial charge in [-0.05, 0) is 71.6 Å². The highest BCUT2D eigenvalue weighted by atomic mass is 16.1. The van der Waals surface area contributed by atoms with Crippen molar-refractivity contribution in [1.29, 1.82) is 0 Å². The summed E-state index contributed by atoms with van der Waals surface area (Å²) in [7, 11) is 0. The van der Waals surface area contributed by atoms with Crippen LogP contribution in [-0.4, -0.2) is 5.78 Å². The molecule has 1 heteroatoms. The fourth-order valence-electron chi connectivity index (χ4n) is 4.69. The molecule has 0 aliphatic carbocycles. The Kier molecular flexibility index (Phi) is 8.46. The molecule has 0 amide bonds. The van der Waals surface area contributed by atoms with Gasteiger partial charge in [0.1, 0.15) is 0 Å². The Balaban J connectivity index is 1.44. The van der Waals surface area contributed by atoms with E-state index in [1.165, 1.54) is 11.1 Å². The molecule has 0 radical (unpaired) electrons. The number of rotatable bonds is 12. The Morgan fingerprint density at radius 2 is 1.29 bits per heavy atom. The van der Waals surface area contributed by atoms with E-state index in [-0.39, 0.29) is 11.7 Å². The zero-order valence-electron chi connectivity index (χ0n) is 20.5. The van der Waals surface area contributed by atoms with Crippen LogP contribution in [0.15, 0.2) is 127 Å². The Morgan fingerprint density at radius 1 is 0.686 bits per heavy atom. The number of aryl methyl sites for hydroxylation is 2. The summed E-state index contributed by atoms with van der Waals surface area (Å²) in [6.07, 6.45) is 5.23. The maximum absolute atomic E-state index is 13.4. The Hall–Kier alpha value is -3.71. The summed E-state index contributed by atoms with van der Waals surface area (Å²) >= 11 is 0. The molecule has 4 aromatic carbocycles. The first kappa shape index (κ1) is 24.4. The van der Waals surface area contributed by atoms with Crippen molar-refractivity contribution in [2.45, 2.75) is 38.5 Å². The topological polar surface area (TPSA) is 17.1 Å². The minimum Gasteiger partial charge on any atom is -0.294 e. The molecule has 0 bridgehead atoms. The summed E-state index contributed by atoms with van der Waals surface area (Å²) in [6, 6.07) is 35.2. The van der Waals surface area contributed by atoms with Crippen LogP contribution in [-0.2, 0) is 12.8 Å². The molecule has 0 heterocycles. The van der Waals surface area contributed by atoms with E-state index in [0.717, 1.165) is 59.6 Å². The van der Waals surface area contributed by atoms with Gasteiger partial charge in [-0.2, -0.15) is 0 Å². The predicted octanol–water partition coefficient (Wildman–Crippen LogP) is 8.80. The number of ketones is 1. The van der Waals surface area contributed by atoms with Crippen LogP contribution in [0.2, 0.25) is 0 Å². The highest BCUT2D eigenvalue weighted by molar-refractivity contribution is 6.00. The summed E-state index contributed by atoms with van der Waals surface area (Å²) in [4.78, 5) is 13.4. The van der Waals surface area contributed by atoms with Gasteiger partial charge in [-0.3, -0.25) is 4.79 Å². The molecule has 0 fully saturated rings. The Morgan fingerprint density at radius 3 is 1.97 bits per heavy atom. The van der Waals surface area contributed by atoms with E-state index < -0.39 is 0 Å². The molecule has 176 valence electrons. The first-order valence-corrected chi connectivity index (χ1v) is 12.6. The lowest BCUT2D eigenvalue weighted by Gasteiger charge is -2.21. The molecule has 35 heavy (non-hydrogen) atoms. The molecule has 4 aromatic rings. The third-order valence-electron chi connectivity index (χ3n) is 6.86. The van der Waals surface area contributed by atoms with Crippen LogP contribution >= 0.6 is 0 Å².